The van der Waals surface area contributed by atoms with Gasteiger partial charge in [-0.2, -0.15) is 0 Å². The van der Waals surface area contributed by atoms with E-state index >= 15 is 0 Å². The van der Waals surface area contributed by atoms with E-state index in [4.69, 9.17) is 9.47 Å². The average molecular weight is 536 g/mol. The van der Waals surface area contributed by atoms with Crippen molar-refractivity contribution < 1.29 is 32.2 Å². The summed E-state index contributed by atoms with van der Waals surface area (Å²) in [5.41, 5.74) is 1.99. The standard InChI is InChI=1S/C26H34FN3O6S/c1-7-35-21(16-23(32)36-8-2)15-20(31)13-14-22-24(17(3)4)28-26(30(5)37(6,33)34)29-25(22)18-9-11-19(27)12-10-18/h9-14,16-17,20,31H,7-8,15H2,1-6H3/b14-13?,21-16-/t20-/m1/s1. The van der Waals surface area contributed by atoms with E-state index in [-0.39, 0.29) is 30.7 Å². The number of aliphatic hydroxyl groups is 1. The van der Waals surface area contributed by atoms with Crippen LogP contribution in [0.1, 0.15) is 51.3 Å². The summed E-state index contributed by atoms with van der Waals surface area (Å²) in [6.45, 7) is 7.75. The van der Waals surface area contributed by atoms with E-state index in [9.17, 15) is 22.7 Å². The molecule has 1 aromatic carbocycles. The number of rotatable bonds is 12. The summed E-state index contributed by atoms with van der Waals surface area (Å²) >= 11 is 0. The van der Waals surface area contributed by atoms with Crippen molar-refractivity contribution in [1.29, 1.82) is 0 Å². The van der Waals surface area contributed by atoms with Gasteiger partial charge in [0.05, 0.1) is 43.0 Å². The number of ether oxygens (including phenoxy) is 2. The Morgan fingerprint density at radius 1 is 1.14 bits per heavy atom. The Bertz CT molecular complexity index is 1240. The summed E-state index contributed by atoms with van der Waals surface area (Å²) in [5.74, 6) is -0.906. The molecule has 0 aliphatic rings. The van der Waals surface area contributed by atoms with Crippen LogP contribution in [0.5, 0.6) is 0 Å². The molecule has 11 heteroatoms. The lowest BCUT2D eigenvalue weighted by molar-refractivity contribution is -0.137. The Labute approximate surface area is 217 Å². The first-order chi connectivity index (χ1) is 17.4. The Balaban J connectivity index is 2.58. The van der Waals surface area contributed by atoms with Crippen molar-refractivity contribution in [2.45, 2.75) is 46.1 Å². The van der Waals surface area contributed by atoms with Crippen molar-refractivity contribution in [2.75, 3.05) is 30.8 Å². The molecule has 2 aromatic rings. The predicted molar refractivity (Wildman–Crippen MR) is 141 cm³/mol. The summed E-state index contributed by atoms with van der Waals surface area (Å²) in [4.78, 5) is 20.8. The maximum atomic E-state index is 13.6. The van der Waals surface area contributed by atoms with Gasteiger partial charge in [0.25, 0.3) is 0 Å². The van der Waals surface area contributed by atoms with Gasteiger partial charge in [-0.25, -0.2) is 31.9 Å². The third-order valence-corrected chi connectivity index (χ3v) is 6.36. The fourth-order valence-corrected chi connectivity index (χ4v) is 3.72. The minimum atomic E-state index is -3.64. The molecule has 0 spiro atoms. The van der Waals surface area contributed by atoms with E-state index in [1.807, 2.05) is 13.8 Å². The molecule has 1 aromatic heterocycles. The van der Waals surface area contributed by atoms with Crippen LogP contribution < -0.4 is 4.31 Å². The quantitative estimate of drug-likeness (QED) is 0.246. The minimum Gasteiger partial charge on any atom is -0.498 e. The molecule has 1 N–H and O–H groups in total. The lowest BCUT2D eigenvalue weighted by Gasteiger charge is -2.20. The highest BCUT2D eigenvalue weighted by molar-refractivity contribution is 7.92. The number of carbonyl (C=O) groups excluding carboxylic acids is 1. The number of aromatic nitrogens is 2. The van der Waals surface area contributed by atoms with Crippen LogP contribution in [-0.4, -0.2) is 62.1 Å². The molecule has 0 saturated carbocycles. The van der Waals surface area contributed by atoms with Gasteiger partial charge in [-0.05, 0) is 44.0 Å². The second-order valence-electron chi connectivity index (χ2n) is 8.49. The lowest BCUT2D eigenvalue weighted by atomic mass is 9.97. The molecule has 0 unspecified atom stereocenters. The van der Waals surface area contributed by atoms with Gasteiger partial charge in [0, 0.05) is 24.6 Å². The molecule has 0 radical (unpaired) electrons. The normalized spacial score (nSPS) is 13.2. The fourth-order valence-electron chi connectivity index (χ4n) is 3.34. The molecule has 0 aliphatic heterocycles. The van der Waals surface area contributed by atoms with E-state index in [1.165, 1.54) is 43.5 Å². The number of aliphatic hydroxyl groups excluding tert-OH is 1. The first kappa shape index (κ1) is 29.9. The maximum absolute atomic E-state index is 13.6. The summed E-state index contributed by atoms with van der Waals surface area (Å²) in [6, 6.07) is 5.64. The van der Waals surface area contributed by atoms with Crippen molar-refractivity contribution >= 4 is 28.0 Å². The number of halogens is 1. The molecule has 1 atom stereocenters. The monoisotopic (exact) mass is 535 g/mol. The zero-order valence-electron chi connectivity index (χ0n) is 21.9. The third kappa shape index (κ3) is 8.64. The summed E-state index contributed by atoms with van der Waals surface area (Å²) < 4.78 is 49.3. The molecule has 2 rings (SSSR count). The summed E-state index contributed by atoms with van der Waals surface area (Å²) in [6.07, 6.45) is 4.37. The molecule has 37 heavy (non-hydrogen) atoms. The van der Waals surface area contributed by atoms with E-state index in [2.05, 4.69) is 9.97 Å². The van der Waals surface area contributed by atoms with Crippen LogP contribution in [-0.2, 0) is 24.3 Å². The molecular formula is C26H34FN3O6S. The molecular weight excluding hydrogens is 501 g/mol. The molecule has 202 valence electrons. The average Bonchev–Trinajstić information content (AvgIpc) is 2.82. The Kier molecular flexibility index (Phi) is 10.8. The zero-order chi connectivity index (χ0) is 27.8. The lowest BCUT2D eigenvalue weighted by Crippen LogP contribution is -2.27. The van der Waals surface area contributed by atoms with Crippen molar-refractivity contribution in [2.24, 2.45) is 0 Å². The van der Waals surface area contributed by atoms with Crippen molar-refractivity contribution in [1.82, 2.24) is 9.97 Å². The van der Waals surface area contributed by atoms with Crippen molar-refractivity contribution in [3.63, 3.8) is 0 Å². The first-order valence-electron chi connectivity index (χ1n) is 11.8. The smallest absolute Gasteiger partial charge is 0.334 e. The Hall–Kier alpha value is -3.31. The number of nitrogens with zero attached hydrogens (tertiary/aromatic N) is 3. The highest BCUT2D eigenvalue weighted by Crippen LogP contribution is 2.31. The molecule has 0 amide bonds. The molecule has 0 fully saturated rings. The van der Waals surface area contributed by atoms with Crippen LogP contribution in [0.2, 0.25) is 0 Å². The topological polar surface area (TPSA) is 119 Å². The zero-order valence-corrected chi connectivity index (χ0v) is 22.8. The number of anilines is 1. The van der Waals surface area contributed by atoms with Crippen LogP contribution >= 0.6 is 0 Å². The van der Waals surface area contributed by atoms with E-state index in [0.29, 0.717) is 29.1 Å². The van der Waals surface area contributed by atoms with Crippen LogP contribution in [0.3, 0.4) is 0 Å². The second kappa shape index (κ2) is 13.3. The van der Waals surface area contributed by atoms with Crippen LogP contribution in [0, 0.1) is 5.82 Å². The number of esters is 1. The highest BCUT2D eigenvalue weighted by atomic mass is 32.2. The molecule has 1 heterocycles. The SMILES string of the molecule is CCOC(=O)/C=C(/C[C@H](O)C=Cc1c(-c2ccc(F)cc2)nc(N(C)S(C)(=O)=O)nc1C(C)C)OCC. The highest BCUT2D eigenvalue weighted by Gasteiger charge is 2.22. The van der Waals surface area contributed by atoms with Gasteiger partial charge in [-0.1, -0.05) is 26.0 Å². The van der Waals surface area contributed by atoms with E-state index in [0.717, 1.165) is 10.6 Å². The van der Waals surface area contributed by atoms with Gasteiger partial charge >= 0.3 is 5.97 Å². The number of hydrogen-bond acceptors (Lipinski definition) is 8. The molecule has 9 nitrogen and oxygen atoms in total. The van der Waals surface area contributed by atoms with E-state index in [1.54, 1.807) is 19.9 Å². The maximum Gasteiger partial charge on any atom is 0.334 e. The van der Waals surface area contributed by atoms with Crippen LogP contribution in [0.25, 0.3) is 17.3 Å². The van der Waals surface area contributed by atoms with Gasteiger partial charge in [-0.15, -0.1) is 0 Å². The molecule has 0 aliphatic carbocycles. The van der Waals surface area contributed by atoms with E-state index < -0.39 is 27.9 Å². The third-order valence-electron chi connectivity index (χ3n) is 5.20. The summed E-state index contributed by atoms with van der Waals surface area (Å²) in [5, 5.41) is 10.7. The Morgan fingerprint density at radius 2 is 1.76 bits per heavy atom. The number of hydrogen-bond donors (Lipinski definition) is 1. The van der Waals surface area contributed by atoms with Crippen molar-refractivity contribution in [3.05, 3.63) is 59.3 Å². The van der Waals surface area contributed by atoms with Gasteiger partial charge in [-0.3, -0.25) is 0 Å². The van der Waals surface area contributed by atoms with Crippen LogP contribution in [0.4, 0.5) is 10.3 Å². The van der Waals surface area contributed by atoms with Crippen LogP contribution in [0.15, 0.2) is 42.2 Å². The number of sulfonamides is 1. The minimum absolute atomic E-state index is 0.0157. The molecule has 0 bridgehead atoms. The van der Waals surface area contributed by atoms with Gasteiger partial charge in [0.1, 0.15) is 11.6 Å². The van der Waals surface area contributed by atoms with Crippen molar-refractivity contribution in [3.8, 4) is 11.3 Å². The van der Waals surface area contributed by atoms with Gasteiger partial charge in [0.15, 0.2) is 0 Å². The number of carbonyl (C=O) groups is 1. The fraction of sp³-hybridized carbons (Fsp3) is 0.423. The molecule has 0 saturated heterocycles. The predicted octanol–water partition coefficient (Wildman–Crippen LogP) is 4.05. The second-order valence-corrected chi connectivity index (χ2v) is 10.5. The first-order valence-corrected chi connectivity index (χ1v) is 13.7. The summed E-state index contributed by atoms with van der Waals surface area (Å²) in [7, 11) is -2.29. The number of benzene rings is 1. The largest absolute Gasteiger partial charge is 0.498 e. The van der Waals surface area contributed by atoms with Gasteiger partial charge < -0.3 is 14.6 Å². The Morgan fingerprint density at radius 3 is 2.30 bits per heavy atom. The van der Waals surface area contributed by atoms with Gasteiger partial charge in [0.2, 0.25) is 16.0 Å².